The predicted octanol–water partition coefficient (Wildman–Crippen LogP) is 4.80. The third-order valence-electron chi connectivity index (χ3n) is 4.53. The molecule has 0 aliphatic carbocycles. The van der Waals surface area contributed by atoms with Crippen molar-refractivity contribution in [3.05, 3.63) is 77.6 Å². The number of rotatable bonds is 5. The van der Waals surface area contributed by atoms with E-state index in [4.69, 9.17) is 22.1 Å². The van der Waals surface area contributed by atoms with Crippen LogP contribution < -0.4 is 15.8 Å². The van der Waals surface area contributed by atoms with Gasteiger partial charge in [0.1, 0.15) is 17.9 Å². The predicted molar refractivity (Wildman–Crippen MR) is 115 cm³/mol. The lowest BCUT2D eigenvalue weighted by atomic mass is 10.0. The average molecular weight is 405 g/mol. The number of amides is 1. The number of carbonyl (C=O) groups excluding carboxylic acids is 1. The summed E-state index contributed by atoms with van der Waals surface area (Å²) in [7, 11) is 1.57. The molecule has 0 fully saturated rings. The van der Waals surface area contributed by atoms with Gasteiger partial charge in [-0.15, -0.1) is 0 Å². The van der Waals surface area contributed by atoms with E-state index in [9.17, 15) is 4.79 Å². The van der Waals surface area contributed by atoms with Gasteiger partial charge in [0.25, 0.3) is 0 Å². The number of methoxy groups -OCH3 is 1. The van der Waals surface area contributed by atoms with Crippen LogP contribution in [0.1, 0.15) is 10.4 Å². The number of hydrogen-bond acceptors (Lipinski definition) is 5. The third-order valence-corrected chi connectivity index (χ3v) is 4.83. The van der Waals surface area contributed by atoms with E-state index in [1.807, 2.05) is 30.3 Å². The molecule has 0 unspecified atom stereocenters. The van der Waals surface area contributed by atoms with Gasteiger partial charge >= 0.3 is 0 Å². The smallest absolute Gasteiger partial charge is 0.248 e. The van der Waals surface area contributed by atoms with Gasteiger partial charge in [-0.3, -0.25) is 4.79 Å². The highest BCUT2D eigenvalue weighted by molar-refractivity contribution is 6.32. The zero-order chi connectivity index (χ0) is 20.4. The molecule has 0 saturated heterocycles. The fraction of sp³-hybridized carbons (Fsp3) is 0.0455. The lowest BCUT2D eigenvalue weighted by molar-refractivity contribution is 0.100. The summed E-state index contributed by atoms with van der Waals surface area (Å²) in [5.74, 6) is 0.778. The summed E-state index contributed by atoms with van der Waals surface area (Å²) >= 11 is 6.22. The lowest BCUT2D eigenvalue weighted by Gasteiger charge is -2.11. The SMILES string of the molecule is COc1ccc(Nc2ncnc3ccc(-c4cccc(C(N)=O)c4)cc23)cc1Cl. The fourth-order valence-corrected chi connectivity index (χ4v) is 3.33. The van der Waals surface area contributed by atoms with Crippen LogP contribution in [0.2, 0.25) is 5.02 Å². The molecule has 1 heterocycles. The number of nitrogens with two attached hydrogens (primary N) is 1. The van der Waals surface area contributed by atoms with E-state index in [0.717, 1.165) is 27.7 Å². The molecule has 0 radical (unpaired) electrons. The number of fused-ring (bicyclic) bond motifs is 1. The summed E-state index contributed by atoms with van der Waals surface area (Å²) in [6.07, 6.45) is 1.50. The van der Waals surface area contributed by atoms with E-state index >= 15 is 0 Å². The van der Waals surface area contributed by atoms with Crippen molar-refractivity contribution in [2.24, 2.45) is 5.73 Å². The first-order valence-corrected chi connectivity index (χ1v) is 9.18. The summed E-state index contributed by atoms with van der Waals surface area (Å²) in [6, 6.07) is 18.4. The van der Waals surface area contributed by atoms with Crippen molar-refractivity contribution in [1.82, 2.24) is 9.97 Å². The van der Waals surface area contributed by atoms with Gasteiger partial charge in [-0.2, -0.15) is 0 Å². The van der Waals surface area contributed by atoms with Crippen molar-refractivity contribution in [3.63, 3.8) is 0 Å². The molecule has 0 aliphatic rings. The highest BCUT2D eigenvalue weighted by Crippen LogP contribution is 2.31. The van der Waals surface area contributed by atoms with Crippen molar-refractivity contribution in [2.45, 2.75) is 0 Å². The first kappa shape index (κ1) is 18.7. The molecule has 29 heavy (non-hydrogen) atoms. The zero-order valence-electron chi connectivity index (χ0n) is 15.5. The minimum Gasteiger partial charge on any atom is -0.495 e. The van der Waals surface area contributed by atoms with E-state index in [1.54, 1.807) is 37.4 Å². The van der Waals surface area contributed by atoms with E-state index in [2.05, 4.69) is 15.3 Å². The monoisotopic (exact) mass is 404 g/mol. The molecule has 0 spiro atoms. The van der Waals surface area contributed by atoms with E-state index in [-0.39, 0.29) is 0 Å². The second-order valence-electron chi connectivity index (χ2n) is 6.37. The standard InChI is InChI=1S/C22H17ClN4O2/c1-29-20-8-6-16(11-18(20)23)27-22-17-10-14(5-7-19(17)25-12-26-22)13-3-2-4-15(9-13)21(24)28/h2-12H,1H3,(H2,24,28)(H,25,26,27). The second-order valence-corrected chi connectivity index (χ2v) is 6.78. The third kappa shape index (κ3) is 3.83. The summed E-state index contributed by atoms with van der Waals surface area (Å²) in [5, 5.41) is 4.62. The number of benzene rings is 3. The summed E-state index contributed by atoms with van der Waals surface area (Å²) in [4.78, 5) is 20.2. The van der Waals surface area contributed by atoms with Crippen molar-refractivity contribution in [2.75, 3.05) is 12.4 Å². The van der Waals surface area contributed by atoms with Gasteiger partial charge in [0.15, 0.2) is 0 Å². The number of hydrogen-bond donors (Lipinski definition) is 2. The molecule has 0 atom stereocenters. The normalized spacial score (nSPS) is 10.7. The Balaban J connectivity index is 1.76. The number of nitrogens with zero attached hydrogens (tertiary/aromatic N) is 2. The van der Waals surface area contributed by atoms with Crippen LogP contribution in [0, 0.1) is 0 Å². The topological polar surface area (TPSA) is 90.1 Å². The van der Waals surface area contributed by atoms with Gasteiger partial charge in [-0.05, 0) is 53.6 Å². The first-order chi connectivity index (χ1) is 14.0. The number of carbonyl (C=O) groups is 1. The number of ether oxygens (including phenoxy) is 1. The van der Waals surface area contributed by atoms with Crippen LogP contribution in [-0.2, 0) is 0 Å². The molecule has 4 rings (SSSR count). The molecule has 3 aromatic carbocycles. The number of nitrogens with one attached hydrogen (secondary N) is 1. The van der Waals surface area contributed by atoms with Gasteiger partial charge in [0, 0.05) is 16.6 Å². The molecule has 0 aliphatic heterocycles. The van der Waals surface area contributed by atoms with Gasteiger partial charge in [0.05, 0.1) is 17.6 Å². The Morgan fingerprint density at radius 3 is 2.62 bits per heavy atom. The minimum absolute atomic E-state index is 0.457. The minimum atomic E-state index is -0.463. The average Bonchev–Trinajstić information content (AvgIpc) is 2.74. The molecular formula is C22H17ClN4O2. The maximum atomic E-state index is 11.5. The Morgan fingerprint density at radius 2 is 1.86 bits per heavy atom. The number of aromatic nitrogens is 2. The quantitative estimate of drug-likeness (QED) is 0.498. The summed E-state index contributed by atoms with van der Waals surface area (Å²) in [6.45, 7) is 0. The number of primary amides is 1. The van der Waals surface area contributed by atoms with Gasteiger partial charge in [-0.1, -0.05) is 29.8 Å². The van der Waals surface area contributed by atoms with Crippen LogP contribution in [0.4, 0.5) is 11.5 Å². The van der Waals surface area contributed by atoms with Crippen LogP contribution in [-0.4, -0.2) is 23.0 Å². The summed E-state index contributed by atoms with van der Waals surface area (Å²) < 4.78 is 5.19. The van der Waals surface area contributed by atoms with Crippen LogP contribution in [0.3, 0.4) is 0 Å². The number of anilines is 2. The first-order valence-electron chi connectivity index (χ1n) is 8.81. The lowest BCUT2D eigenvalue weighted by Crippen LogP contribution is -2.10. The van der Waals surface area contributed by atoms with Crippen molar-refractivity contribution in [3.8, 4) is 16.9 Å². The molecule has 1 aromatic heterocycles. The molecular weight excluding hydrogens is 388 g/mol. The molecule has 4 aromatic rings. The van der Waals surface area contributed by atoms with Crippen molar-refractivity contribution >= 4 is 39.9 Å². The van der Waals surface area contributed by atoms with Gasteiger partial charge < -0.3 is 15.8 Å². The molecule has 0 bridgehead atoms. The van der Waals surface area contributed by atoms with E-state index in [1.165, 1.54) is 6.33 Å². The van der Waals surface area contributed by atoms with Gasteiger partial charge in [0.2, 0.25) is 5.91 Å². The largest absolute Gasteiger partial charge is 0.495 e. The Hall–Kier alpha value is -3.64. The molecule has 0 saturated carbocycles. The van der Waals surface area contributed by atoms with Crippen LogP contribution in [0.25, 0.3) is 22.0 Å². The molecule has 3 N–H and O–H groups in total. The Morgan fingerprint density at radius 1 is 1.03 bits per heavy atom. The Bertz CT molecular complexity index is 1230. The van der Waals surface area contributed by atoms with Crippen LogP contribution in [0.15, 0.2) is 67.0 Å². The maximum Gasteiger partial charge on any atom is 0.248 e. The zero-order valence-corrected chi connectivity index (χ0v) is 16.3. The van der Waals surface area contributed by atoms with Gasteiger partial charge in [-0.25, -0.2) is 9.97 Å². The van der Waals surface area contributed by atoms with Crippen LogP contribution >= 0.6 is 11.6 Å². The fourth-order valence-electron chi connectivity index (χ4n) is 3.07. The van der Waals surface area contributed by atoms with Crippen molar-refractivity contribution in [1.29, 1.82) is 0 Å². The van der Waals surface area contributed by atoms with Crippen molar-refractivity contribution < 1.29 is 9.53 Å². The highest BCUT2D eigenvalue weighted by atomic mass is 35.5. The molecule has 144 valence electrons. The Labute approximate surface area is 172 Å². The Kier molecular flexibility index (Phi) is 5.01. The molecule has 7 heteroatoms. The molecule has 1 amide bonds. The highest BCUT2D eigenvalue weighted by Gasteiger charge is 2.09. The van der Waals surface area contributed by atoms with E-state index in [0.29, 0.717) is 22.2 Å². The van der Waals surface area contributed by atoms with E-state index < -0.39 is 5.91 Å². The molecule has 6 nitrogen and oxygen atoms in total. The summed E-state index contributed by atoms with van der Waals surface area (Å²) in [5.41, 5.74) is 9.23. The second kappa shape index (κ2) is 7.77. The van der Waals surface area contributed by atoms with Crippen LogP contribution in [0.5, 0.6) is 5.75 Å². The maximum absolute atomic E-state index is 11.5. The number of halogens is 1.